The van der Waals surface area contributed by atoms with Crippen LogP contribution in [0.3, 0.4) is 0 Å². The van der Waals surface area contributed by atoms with Crippen LogP contribution in [-0.2, 0) is 4.79 Å². The third-order valence-corrected chi connectivity index (χ3v) is 5.12. The van der Waals surface area contributed by atoms with Crippen molar-refractivity contribution in [2.45, 2.75) is 5.16 Å². The molecule has 0 atom stereocenters. The van der Waals surface area contributed by atoms with Gasteiger partial charge in [-0.2, -0.15) is 0 Å². The monoisotopic (exact) mass is 358 g/mol. The predicted octanol–water partition coefficient (Wildman–Crippen LogP) is 2.97. The van der Waals surface area contributed by atoms with Crippen molar-refractivity contribution in [3.8, 4) is 10.4 Å². The highest BCUT2D eigenvalue weighted by atomic mass is 32.2. The van der Waals surface area contributed by atoms with E-state index in [0.717, 1.165) is 10.4 Å². The molecular weight excluding hydrogens is 344 g/mol. The molecule has 0 radical (unpaired) electrons. The summed E-state index contributed by atoms with van der Waals surface area (Å²) in [5, 5.41) is 3.89. The number of benzene rings is 1. The normalized spacial score (nSPS) is 10.5. The van der Waals surface area contributed by atoms with E-state index in [1.165, 1.54) is 23.1 Å². The molecule has 2 aromatic heterocycles. The lowest BCUT2D eigenvalue weighted by Crippen LogP contribution is -2.17. The number of hydrogen-bond acceptors (Lipinski definition) is 5. The number of primary amides is 1. The standard InChI is InChI=1S/C16H14N4O2S2/c17-14(22)11-8-12(10-4-2-1-3-5-10)24-15(11)20-13(21)9-23-16-18-6-7-19-16/h1-8H,9H2,(H2,17,22)(H,18,19)(H,20,21). The summed E-state index contributed by atoms with van der Waals surface area (Å²) in [6, 6.07) is 11.3. The molecule has 0 aliphatic rings. The lowest BCUT2D eigenvalue weighted by atomic mass is 10.1. The molecule has 0 aliphatic heterocycles. The second kappa shape index (κ2) is 7.33. The van der Waals surface area contributed by atoms with Crippen LogP contribution >= 0.6 is 23.1 Å². The van der Waals surface area contributed by atoms with Gasteiger partial charge >= 0.3 is 0 Å². The van der Waals surface area contributed by atoms with Crippen molar-refractivity contribution in [2.24, 2.45) is 5.73 Å². The summed E-state index contributed by atoms with van der Waals surface area (Å²) < 4.78 is 0. The minimum atomic E-state index is -0.567. The molecule has 0 unspecified atom stereocenters. The highest BCUT2D eigenvalue weighted by Crippen LogP contribution is 2.35. The van der Waals surface area contributed by atoms with Crippen LogP contribution in [0.25, 0.3) is 10.4 Å². The SMILES string of the molecule is NC(=O)c1cc(-c2ccccc2)sc1NC(=O)CSc1ncc[nH]1. The van der Waals surface area contributed by atoms with Gasteiger partial charge < -0.3 is 16.0 Å². The van der Waals surface area contributed by atoms with Crippen LogP contribution in [0.15, 0.2) is 53.9 Å². The number of rotatable bonds is 6. The summed E-state index contributed by atoms with van der Waals surface area (Å²) >= 11 is 2.61. The summed E-state index contributed by atoms with van der Waals surface area (Å²) in [6.07, 6.45) is 3.31. The summed E-state index contributed by atoms with van der Waals surface area (Å²) in [5.74, 6) is -0.604. The zero-order valence-corrected chi connectivity index (χ0v) is 14.1. The van der Waals surface area contributed by atoms with Gasteiger partial charge in [-0.15, -0.1) is 11.3 Å². The van der Waals surface area contributed by atoms with Gasteiger partial charge in [-0.3, -0.25) is 9.59 Å². The number of aromatic nitrogens is 2. The molecule has 122 valence electrons. The minimum absolute atomic E-state index is 0.185. The molecule has 3 rings (SSSR count). The smallest absolute Gasteiger partial charge is 0.251 e. The zero-order valence-electron chi connectivity index (χ0n) is 12.5. The molecule has 8 heteroatoms. The predicted molar refractivity (Wildman–Crippen MR) is 96.2 cm³/mol. The van der Waals surface area contributed by atoms with Crippen LogP contribution in [0.5, 0.6) is 0 Å². The van der Waals surface area contributed by atoms with Gasteiger partial charge in [-0.05, 0) is 11.6 Å². The number of carbonyl (C=O) groups excluding carboxylic acids is 2. The van der Waals surface area contributed by atoms with E-state index in [1.807, 2.05) is 30.3 Å². The van der Waals surface area contributed by atoms with Gasteiger partial charge in [0.1, 0.15) is 5.00 Å². The maximum atomic E-state index is 12.1. The number of H-pyrrole nitrogens is 1. The number of thioether (sulfide) groups is 1. The maximum absolute atomic E-state index is 12.1. The molecule has 0 saturated heterocycles. The first-order valence-corrected chi connectivity index (χ1v) is 8.85. The number of aromatic amines is 1. The number of thiophene rings is 1. The maximum Gasteiger partial charge on any atom is 0.251 e. The van der Waals surface area contributed by atoms with Gasteiger partial charge in [0.15, 0.2) is 5.16 Å². The molecule has 2 amide bonds. The molecule has 0 spiro atoms. The van der Waals surface area contributed by atoms with E-state index >= 15 is 0 Å². The molecule has 6 nitrogen and oxygen atoms in total. The molecule has 24 heavy (non-hydrogen) atoms. The van der Waals surface area contributed by atoms with Gasteiger partial charge in [0.25, 0.3) is 5.91 Å². The van der Waals surface area contributed by atoms with Crippen molar-refractivity contribution in [1.29, 1.82) is 0 Å². The fourth-order valence-electron chi connectivity index (χ4n) is 2.04. The van der Waals surface area contributed by atoms with E-state index in [2.05, 4.69) is 15.3 Å². The van der Waals surface area contributed by atoms with Gasteiger partial charge in [0.2, 0.25) is 5.91 Å². The zero-order chi connectivity index (χ0) is 16.9. The lowest BCUT2D eigenvalue weighted by molar-refractivity contribution is -0.113. The number of anilines is 1. The number of hydrogen-bond donors (Lipinski definition) is 3. The number of imidazole rings is 1. The Hall–Kier alpha value is -2.58. The number of nitrogens with two attached hydrogens (primary N) is 1. The van der Waals surface area contributed by atoms with Gasteiger partial charge in [0.05, 0.1) is 11.3 Å². The minimum Gasteiger partial charge on any atom is -0.366 e. The van der Waals surface area contributed by atoms with Crippen LogP contribution in [-0.4, -0.2) is 27.5 Å². The highest BCUT2D eigenvalue weighted by molar-refractivity contribution is 7.99. The third-order valence-electron chi connectivity index (χ3n) is 3.12. The van der Waals surface area contributed by atoms with E-state index < -0.39 is 5.91 Å². The molecule has 0 saturated carbocycles. The summed E-state index contributed by atoms with van der Waals surface area (Å²) in [7, 11) is 0. The number of nitrogens with zero attached hydrogens (tertiary/aromatic N) is 1. The summed E-state index contributed by atoms with van der Waals surface area (Å²) in [5.41, 5.74) is 6.71. The molecule has 0 fully saturated rings. The van der Waals surface area contributed by atoms with E-state index in [1.54, 1.807) is 18.5 Å². The molecule has 2 heterocycles. The second-order valence-corrected chi connectivity index (χ2v) is 6.83. The Morgan fingerprint density at radius 1 is 1.29 bits per heavy atom. The Balaban J connectivity index is 1.75. The van der Waals surface area contributed by atoms with Crippen LogP contribution in [0, 0.1) is 0 Å². The molecular formula is C16H14N4O2S2. The van der Waals surface area contributed by atoms with Crippen molar-refractivity contribution >= 4 is 39.9 Å². The van der Waals surface area contributed by atoms with Crippen molar-refractivity contribution in [3.05, 3.63) is 54.4 Å². The Bertz CT molecular complexity index is 844. The summed E-state index contributed by atoms with van der Waals surface area (Å²) in [6.45, 7) is 0. The first-order valence-electron chi connectivity index (χ1n) is 7.04. The second-order valence-electron chi connectivity index (χ2n) is 4.81. The van der Waals surface area contributed by atoms with Crippen molar-refractivity contribution < 1.29 is 9.59 Å². The van der Waals surface area contributed by atoms with Crippen molar-refractivity contribution in [2.75, 3.05) is 11.1 Å². The summed E-state index contributed by atoms with van der Waals surface area (Å²) in [4.78, 5) is 31.6. The van der Waals surface area contributed by atoms with Crippen molar-refractivity contribution in [1.82, 2.24) is 9.97 Å². The number of carbonyl (C=O) groups is 2. The van der Waals surface area contributed by atoms with Crippen LogP contribution in [0.2, 0.25) is 0 Å². The number of nitrogens with one attached hydrogen (secondary N) is 2. The molecule has 1 aromatic carbocycles. The highest BCUT2D eigenvalue weighted by Gasteiger charge is 2.17. The molecule has 3 aromatic rings. The first kappa shape index (κ1) is 16.3. The Morgan fingerprint density at radius 2 is 2.08 bits per heavy atom. The van der Waals surface area contributed by atoms with Crippen LogP contribution < -0.4 is 11.1 Å². The lowest BCUT2D eigenvalue weighted by Gasteiger charge is -2.03. The van der Waals surface area contributed by atoms with E-state index in [9.17, 15) is 9.59 Å². The Labute approximate surface area is 146 Å². The van der Waals surface area contributed by atoms with E-state index in [-0.39, 0.29) is 11.7 Å². The third kappa shape index (κ3) is 3.84. The Morgan fingerprint density at radius 3 is 2.75 bits per heavy atom. The van der Waals surface area contributed by atoms with Crippen LogP contribution in [0.1, 0.15) is 10.4 Å². The van der Waals surface area contributed by atoms with Crippen molar-refractivity contribution in [3.63, 3.8) is 0 Å². The topological polar surface area (TPSA) is 101 Å². The largest absolute Gasteiger partial charge is 0.366 e. The Kier molecular flexibility index (Phi) is 4.97. The number of amides is 2. The first-order chi connectivity index (χ1) is 11.6. The van der Waals surface area contributed by atoms with Crippen LogP contribution in [0.4, 0.5) is 5.00 Å². The fourth-order valence-corrected chi connectivity index (χ4v) is 3.75. The van der Waals surface area contributed by atoms with Gasteiger partial charge in [0, 0.05) is 17.3 Å². The average Bonchev–Trinajstić information content (AvgIpc) is 3.23. The molecule has 0 aliphatic carbocycles. The quantitative estimate of drug-likeness (QED) is 0.590. The van der Waals surface area contributed by atoms with Gasteiger partial charge in [-0.25, -0.2) is 4.98 Å². The molecule has 0 bridgehead atoms. The van der Waals surface area contributed by atoms with Gasteiger partial charge in [-0.1, -0.05) is 42.1 Å². The average molecular weight is 358 g/mol. The van der Waals surface area contributed by atoms with E-state index in [4.69, 9.17) is 5.73 Å². The fraction of sp³-hybridized carbons (Fsp3) is 0.0625. The van der Waals surface area contributed by atoms with E-state index in [0.29, 0.717) is 15.7 Å². The molecule has 4 N–H and O–H groups in total.